The van der Waals surface area contributed by atoms with Gasteiger partial charge in [0.15, 0.2) is 0 Å². The van der Waals surface area contributed by atoms with E-state index in [4.69, 9.17) is 0 Å². The molecular formula is C17H31NO. The van der Waals surface area contributed by atoms with Crippen molar-refractivity contribution >= 4 is 5.91 Å². The number of hydrogen-bond acceptors (Lipinski definition) is 1. The Morgan fingerprint density at radius 2 is 1.58 bits per heavy atom. The minimum absolute atomic E-state index is 0.0544. The third-order valence-corrected chi connectivity index (χ3v) is 5.49. The van der Waals surface area contributed by atoms with Crippen molar-refractivity contribution in [1.29, 1.82) is 0 Å². The van der Waals surface area contributed by atoms with Crippen molar-refractivity contribution in [1.82, 2.24) is 4.90 Å². The van der Waals surface area contributed by atoms with Gasteiger partial charge in [-0.15, -0.1) is 0 Å². The van der Waals surface area contributed by atoms with Crippen LogP contribution in [-0.4, -0.2) is 23.9 Å². The monoisotopic (exact) mass is 265 g/mol. The Bertz CT molecular complexity index is 294. The number of hydrogen-bond donors (Lipinski definition) is 0. The van der Waals surface area contributed by atoms with Crippen molar-refractivity contribution < 1.29 is 4.79 Å². The molecule has 0 bridgehead atoms. The van der Waals surface area contributed by atoms with Crippen molar-refractivity contribution in [3.63, 3.8) is 0 Å². The number of rotatable bonds is 2. The maximum Gasteiger partial charge on any atom is 0.228 e. The summed E-state index contributed by atoms with van der Waals surface area (Å²) in [7, 11) is 0. The highest BCUT2D eigenvalue weighted by Gasteiger charge is 2.38. The van der Waals surface area contributed by atoms with Gasteiger partial charge in [-0.3, -0.25) is 4.79 Å². The van der Waals surface area contributed by atoms with Crippen molar-refractivity contribution in [2.45, 2.75) is 72.1 Å². The molecule has 0 unspecified atom stereocenters. The van der Waals surface area contributed by atoms with E-state index >= 15 is 0 Å². The Balaban J connectivity index is 1.93. The molecule has 1 saturated heterocycles. The minimum Gasteiger partial charge on any atom is -0.342 e. The van der Waals surface area contributed by atoms with Gasteiger partial charge in [0, 0.05) is 18.5 Å². The number of carbonyl (C=O) groups excluding carboxylic acids is 1. The minimum atomic E-state index is -0.0544. The lowest BCUT2D eigenvalue weighted by Gasteiger charge is -2.39. The average Bonchev–Trinajstić information content (AvgIpc) is 2.64. The molecule has 0 aromatic heterocycles. The zero-order chi connectivity index (χ0) is 13.9. The van der Waals surface area contributed by atoms with Gasteiger partial charge in [0.05, 0.1) is 0 Å². The summed E-state index contributed by atoms with van der Waals surface area (Å²) in [5.74, 6) is 2.05. The molecule has 0 aromatic carbocycles. The lowest BCUT2D eigenvalue weighted by atomic mass is 9.79. The largest absolute Gasteiger partial charge is 0.342 e. The second-order valence-corrected chi connectivity index (χ2v) is 7.35. The van der Waals surface area contributed by atoms with E-state index in [1.165, 1.54) is 38.5 Å². The van der Waals surface area contributed by atoms with Crippen LogP contribution in [0, 0.1) is 17.3 Å². The van der Waals surface area contributed by atoms with E-state index in [1.54, 1.807) is 0 Å². The van der Waals surface area contributed by atoms with E-state index in [9.17, 15) is 4.79 Å². The number of piperidine rings is 1. The predicted octanol–water partition coefficient (Wildman–Crippen LogP) is 4.24. The molecule has 0 spiro atoms. The smallest absolute Gasteiger partial charge is 0.228 e. The van der Waals surface area contributed by atoms with Crippen LogP contribution in [0.5, 0.6) is 0 Å². The topological polar surface area (TPSA) is 20.3 Å². The number of amides is 1. The van der Waals surface area contributed by atoms with E-state index in [0.717, 1.165) is 37.8 Å². The van der Waals surface area contributed by atoms with Crippen LogP contribution in [0.4, 0.5) is 0 Å². The van der Waals surface area contributed by atoms with Crippen LogP contribution in [0.25, 0.3) is 0 Å². The molecule has 1 amide bonds. The van der Waals surface area contributed by atoms with Crippen LogP contribution < -0.4 is 0 Å². The first-order valence-corrected chi connectivity index (χ1v) is 8.32. The molecule has 1 heterocycles. The molecule has 2 rings (SSSR count). The lowest BCUT2D eigenvalue weighted by Crippen LogP contribution is -2.46. The Morgan fingerprint density at radius 1 is 1.05 bits per heavy atom. The van der Waals surface area contributed by atoms with Crippen LogP contribution in [-0.2, 0) is 4.79 Å². The average molecular weight is 265 g/mol. The molecule has 19 heavy (non-hydrogen) atoms. The summed E-state index contributed by atoms with van der Waals surface area (Å²) in [4.78, 5) is 15.0. The van der Waals surface area contributed by atoms with E-state index < -0.39 is 0 Å². The summed E-state index contributed by atoms with van der Waals surface area (Å²) in [6.07, 6.45) is 9.75. The van der Waals surface area contributed by atoms with Crippen molar-refractivity contribution in [3.8, 4) is 0 Å². The highest BCUT2D eigenvalue weighted by molar-refractivity contribution is 5.82. The molecule has 1 aliphatic carbocycles. The summed E-state index contributed by atoms with van der Waals surface area (Å²) < 4.78 is 0. The Morgan fingerprint density at radius 3 is 2.05 bits per heavy atom. The van der Waals surface area contributed by atoms with Crippen molar-refractivity contribution in [2.75, 3.05) is 13.1 Å². The van der Waals surface area contributed by atoms with Crippen LogP contribution in [0.2, 0.25) is 0 Å². The molecule has 0 aromatic rings. The molecule has 110 valence electrons. The second kappa shape index (κ2) is 6.28. The molecule has 2 nitrogen and oxygen atoms in total. The SMILES string of the molecule is CC(C)C1CCN(C(=O)C2(C)CCCCCC2)CC1. The summed E-state index contributed by atoms with van der Waals surface area (Å²) >= 11 is 0. The summed E-state index contributed by atoms with van der Waals surface area (Å²) in [6, 6.07) is 0. The lowest BCUT2D eigenvalue weighted by molar-refractivity contribution is -0.143. The third-order valence-electron chi connectivity index (χ3n) is 5.49. The molecule has 2 fully saturated rings. The fourth-order valence-corrected chi connectivity index (χ4v) is 3.87. The first-order valence-electron chi connectivity index (χ1n) is 8.32. The van der Waals surface area contributed by atoms with Gasteiger partial charge < -0.3 is 4.90 Å². The quantitative estimate of drug-likeness (QED) is 0.684. The van der Waals surface area contributed by atoms with Gasteiger partial charge >= 0.3 is 0 Å². The normalized spacial score (nSPS) is 25.4. The summed E-state index contributed by atoms with van der Waals surface area (Å²) in [6.45, 7) is 8.84. The standard InChI is InChI=1S/C17H31NO/c1-14(2)15-8-12-18(13-9-15)16(19)17(3)10-6-4-5-7-11-17/h14-15H,4-13H2,1-3H3. The van der Waals surface area contributed by atoms with Crippen LogP contribution in [0.3, 0.4) is 0 Å². The highest BCUT2D eigenvalue weighted by Crippen LogP contribution is 2.37. The van der Waals surface area contributed by atoms with Crippen LogP contribution >= 0.6 is 0 Å². The molecule has 1 saturated carbocycles. The zero-order valence-electron chi connectivity index (χ0n) is 13.1. The molecule has 0 atom stereocenters. The Hall–Kier alpha value is -0.530. The third kappa shape index (κ3) is 3.52. The molecular weight excluding hydrogens is 234 g/mol. The number of nitrogens with zero attached hydrogens (tertiary/aromatic N) is 1. The van der Waals surface area contributed by atoms with Gasteiger partial charge in [0.1, 0.15) is 0 Å². The Kier molecular flexibility index (Phi) is 4.92. The molecule has 2 heteroatoms. The zero-order valence-corrected chi connectivity index (χ0v) is 13.1. The van der Waals surface area contributed by atoms with Gasteiger partial charge in [0.2, 0.25) is 5.91 Å². The molecule has 0 radical (unpaired) electrons. The van der Waals surface area contributed by atoms with Crippen molar-refractivity contribution in [3.05, 3.63) is 0 Å². The predicted molar refractivity (Wildman–Crippen MR) is 80.0 cm³/mol. The summed E-state index contributed by atoms with van der Waals surface area (Å²) in [5.41, 5.74) is -0.0544. The van der Waals surface area contributed by atoms with E-state index in [-0.39, 0.29) is 5.41 Å². The number of carbonyl (C=O) groups is 1. The highest BCUT2D eigenvalue weighted by atomic mass is 16.2. The maximum atomic E-state index is 12.8. The summed E-state index contributed by atoms with van der Waals surface area (Å²) in [5, 5.41) is 0. The first-order chi connectivity index (χ1) is 9.03. The number of likely N-dealkylation sites (tertiary alicyclic amines) is 1. The van der Waals surface area contributed by atoms with Gasteiger partial charge in [-0.05, 0) is 37.5 Å². The second-order valence-electron chi connectivity index (χ2n) is 7.35. The first kappa shape index (κ1) is 14.9. The molecule has 2 aliphatic rings. The molecule has 1 aliphatic heterocycles. The van der Waals surface area contributed by atoms with E-state index in [1.807, 2.05) is 0 Å². The van der Waals surface area contributed by atoms with Crippen LogP contribution in [0.1, 0.15) is 72.1 Å². The fourth-order valence-electron chi connectivity index (χ4n) is 3.87. The van der Waals surface area contributed by atoms with Gasteiger partial charge in [0.25, 0.3) is 0 Å². The fraction of sp³-hybridized carbons (Fsp3) is 0.941. The van der Waals surface area contributed by atoms with Gasteiger partial charge in [-0.25, -0.2) is 0 Å². The molecule has 0 N–H and O–H groups in total. The Labute approximate surface area is 118 Å². The van der Waals surface area contributed by atoms with Gasteiger partial charge in [-0.2, -0.15) is 0 Å². The van der Waals surface area contributed by atoms with E-state index in [0.29, 0.717) is 5.91 Å². The van der Waals surface area contributed by atoms with Crippen molar-refractivity contribution in [2.24, 2.45) is 17.3 Å². The van der Waals surface area contributed by atoms with E-state index in [2.05, 4.69) is 25.7 Å². The maximum absolute atomic E-state index is 12.8. The van der Waals surface area contributed by atoms with Gasteiger partial charge in [-0.1, -0.05) is 46.5 Å². The van der Waals surface area contributed by atoms with Crippen LogP contribution in [0.15, 0.2) is 0 Å².